The Kier molecular flexibility index (Phi) is 5.22. The van der Waals surface area contributed by atoms with Gasteiger partial charge in [-0.25, -0.2) is 12.7 Å². The van der Waals surface area contributed by atoms with Crippen LogP contribution in [0.25, 0.3) is 0 Å². The predicted octanol–water partition coefficient (Wildman–Crippen LogP) is 2.95. The maximum absolute atomic E-state index is 12.9. The van der Waals surface area contributed by atoms with Gasteiger partial charge in [-0.3, -0.25) is 4.79 Å². The molecule has 1 N–H and O–H groups in total. The lowest BCUT2D eigenvalue weighted by molar-refractivity contribution is -0.125. The fraction of sp³-hybridized carbons (Fsp3) is 0.211. The lowest BCUT2D eigenvalue weighted by Gasteiger charge is -2.35. The normalized spacial score (nSPS) is 20.8. The average Bonchev–Trinajstić information content (AvgIpc) is 2.60. The van der Waals surface area contributed by atoms with Crippen LogP contribution < -0.4 is 0 Å². The highest BCUT2D eigenvalue weighted by molar-refractivity contribution is 8.03. The lowest BCUT2D eigenvalue weighted by Crippen LogP contribution is -2.51. The second kappa shape index (κ2) is 7.26. The summed E-state index contributed by atoms with van der Waals surface area (Å²) in [5, 5.41) is 10.6. The molecule has 7 heteroatoms. The first-order valence-electron chi connectivity index (χ1n) is 8.08. The minimum absolute atomic E-state index is 0.0306. The topological polar surface area (TPSA) is 74.7 Å². The highest BCUT2D eigenvalue weighted by Crippen LogP contribution is 2.35. The molecule has 1 amide bonds. The standard InChI is InChI=1S/C19H19NO4S2/c1-13-8-10-16(11-9-13)26(23,24)20-14(2)19(22)17(12-18(20)21)25-15-6-4-3-5-7-15/h3-12,14,19,22H,1-2H3/t14-,19-/m0/s1. The monoisotopic (exact) mass is 389 g/mol. The lowest BCUT2D eigenvalue weighted by atomic mass is 10.1. The second-order valence-electron chi connectivity index (χ2n) is 6.10. The van der Waals surface area contributed by atoms with E-state index in [1.165, 1.54) is 36.9 Å². The van der Waals surface area contributed by atoms with Crippen LogP contribution in [0.3, 0.4) is 0 Å². The van der Waals surface area contributed by atoms with Gasteiger partial charge in [0.2, 0.25) is 0 Å². The van der Waals surface area contributed by atoms with E-state index >= 15 is 0 Å². The van der Waals surface area contributed by atoms with Crippen LogP contribution in [-0.4, -0.2) is 35.9 Å². The number of aryl methyl sites for hydroxylation is 1. The Balaban J connectivity index is 1.93. The van der Waals surface area contributed by atoms with Crippen LogP contribution in [-0.2, 0) is 14.8 Å². The Morgan fingerprint density at radius 2 is 1.65 bits per heavy atom. The van der Waals surface area contributed by atoms with Crippen LogP contribution in [0.15, 0.2) is 75.4 Å². The summed E-state index contributed by atoms with van der Waals surface area (Å²) in [5.74, 6) is -0.651. The zero-order valence-electron chi connectivity index (χ0n) is 14.4. The van der Waals surface area contributed by atoms with E-state index in [0.29, 0.717) is 4.91 Å². The van der Waals surface area contributed by atoms with Gasteiger partial charge in [0.15, 0.2) is 0 Å². The van der Waals surface area contributed by atoms with E-state index in [1.807, 2.05) is 37.3 Å². The number of aliphatic hydroxyl groups is 1. The molecule has 1 aliphatic rings. The van der Waals surface area contributed by atoms with Crippen molar-refractivity contribution in [2.24, 2.45) is 0 Å². The number of sulfonamides is 1. The van der Waals surface area contributed by atoms with Gasteiger partial charge in [0.1, 0.15) is 6.10 Å². The molecule has 2 atom stereocenters. The Morgan fingerprint density at radius 1 is 1.04 bits per heavy atom. The number of nitrogens with zero attached hydrogens (tertiary/aromatic N) is 1. The fourth-order valence-corrected chi connectivity index (χ4v) is 5.31. The molecule has 0 radical (unpaired) electrons. The molecular weight excluding hydrogens is 370 g/mol. The molecule has 0 aliphatic carbocycles. The van der Waals surface area contributed by atoms with Gasteiger partial charge in [-0.1, -0.05) is 47.7 Å². The van der Waals surface area contributed by atoms with Crippen LogP contribution >= 0.6 is 11.8 Å². The van der Waals surface area contributed by atoms with E-state index in [0.717, 1.165) is 14.8 Å². The van der Waals surface area contributed by atoms with E-state index in [2.05, 4.69) is 0 Å². The van der Waals surface area contributed by atoms with Gasteiger partial charge in [-0.15, -0.1) is 0 Å². The van der Waals surface area contributed by atoms with Crippen molar-refractivity contribution in [1.29, 1.82) is 0 Å². The van der Waals surface area contributed by atoms with Crippen LogP contribution in [0, 0.1) is 6.92 Å². The van der Waals surface area contributed by atoms with Gasteiger partial charge in [-0.2, -0.15) is 0 Å². The first kappa shape index (κ1) is 18.7. The smallest absolute Gasteiger partial charge is 0.267 e. The zero-order valence-corrected chi connectivity index (χ0v) is 16.0. The molecule has 1 aliphatic heterocycles. The Labute approximate surface area is 157 Å². The molecule has 0 aromatic heterocycles. The molecule has 2 aromatic rings. The van der Waals surface area contributed by atoms with Crippen molar-refractivity contribution in [2.45, 2.75) is 35.8 Å². The van der Waals surface area contributed by atoms with Gasteiger partial charge in [0, 0.05) is 15.9 Å². The fourth-order valence-electron chi connectivity index (χ4n) is 2.71. The number of benzene rings is 2. The quantitative estimate of drug-likeness (QED) is 0.870. The third-order valence-corrected chi connectivity index (χ3v) is 7.16. The van der Waals surface area contributed by atoms with Crippen molar-refractivity contribution in [3.05, 3.63) is 71.1 Å². The Morgan fingerprint density at radius 3 is 2.27 bits per heavy atom. The number of carbonyl (C=O) groups excluding carboxylic acids is 1. The van der Waals surface area contributed by atoms with Crippen LogP contribution in [0.1, 0.15) is 12.5 Å². The van der Waals surface area contributed by atoms with E-state index in [1.54, 1.807) is 12.1 Å². The van der Waals surface area contributed by atoms with Crippen molar-refractivity contribution >= 4 is 27.7 Å². The van der Waals surface area contributed by atoms with E-state index in [4.69, 9.17) is 0 Å². The molecule has 26 heavy (non-hydrogen) atoms. The number of amides is 1. The maximum Gasteiger partial charge on any atom is 0.267 e. The SMILES string of the molecule is Cc1ccc(S(=O)(=O)N2C(=O)C=C(Sc3ccccc3)[C@@H](O)[C@@H]2C)cc1. The largest absolute Gasteiger partial charge is 0.386 e. The summed E-state index contributed by atoms with van der Waals surface area (Å²) >= 11 is 1.26. The minimum Gasteiger partial charge on any atom is -0.386 e. The Hall–Kier alpha value is -2.09. The third-order valence-electron chi connectivity index (χ3n) is 4.16. The molecule has 5 nitrogen and oxygen atoms in total. The number of carbonyl (C=O) groups is 1. The average molecular weight is 389 g/mol. The molecule has 0 saturated heterocycles. The summed E-state index contributed by atoms with van der Waals surface area (Å²) < 4.78 is 26.5. The second-order valence-corrected chi connectivity index (χ2v) is 9.06. The van der Waals surface area contributed by atoms with Crippen molar-refractivity contribution in [2.75, 3.05) is 0 Å². The van der Waals surface area contributed by atoms with Crippen LogP contribution in [0.4, 0.5) is 0 Å². The molecule has 0 fully saturated rings. The van der Waals surface area contributed by atoms with Gasteiger partial charge in [0.05, 0.1) is 10.9 Å². The molecule has 3 rings (SSSR count). The van der Waals surface area contributed by atoms with Crippen molar-refractivity contribution in [3.63, 3.8) is 0 Å². The summed E-state index contributed by atoms with van der Waals surface area (Å²) in [7, 11) is -4.04. The first-order valence-corrected chi connectivity index (χ1v) is 10.3. The van der Waals surface area contributed by atoms with E-state index < -0.39 is 28.1 Å². The molecule has 2 aromatic carbocycles. The molecule has 1 heterocycles. The minimum atomic E-state index is -4.04. The van der Waals surface area contributed by atoms with E-state index in [9.17, 15) is 18.3 Å². The van der Waals surface area contributed by atoms with Gasteiger partial charge >= 0.3 is 0 Å². The summed E-state index contributed by atoms with van der Waals surface area (Å²) in [6.07, 6.45) is 0.117. The first-order chi connectivity index (χ1) is 12.3. The van der Waals surface area contributed by atoms with Crippen LogP contribution in [0.2, 0.25) is 0 Å². The van der Waals surface area contributed by atoms with Gasteiger partial charge in [0.25, 0.3) is 15.9 Å². The summed E-state index contributed by atoms with van der Waals surface area (Å²) in [6, 6.07) is 14.7. The third kappa shape index (κ3) is 3.56. The molecule has 0 bridgehead atoms. The summed E-state index contributed by atoms with van der Waals surface area (Å²) in [4.78, 5) is 13.9. The highest BCUT2D eigenvalue weighted by Gasteiger charge is 2.41. The predicted molar refractivity (Wildman–Crippen MR) is 101 cm³/mol. The van der Waals surface area contributed by atoms with Crippen molar-refractivity contribution in [1.82, 2.24) is 4.31 Å². The molecule has 0 spiro atoms. The molecule has 0 unspecified atom stereocenters. The van der Waals surface area contributed by atoms with Gasteiger partial charge in [-0.05, 0) is 38.1 Å². The molecular formula is C19H19NO4S2. The number of thioether (sulfide) groups is 1. The highest BCUT2D eigenvalue weighted by atomic mass is 32.2. The van der Waals surface area contributed by atoms with E-state index in [-0.39, 0.29) is 4.90 Å². The number of rotatable bonds is 4. The maximum atomic E-state index is 12.9. The molecule has 0 saturated carbocycles. The van der Waals surface area contributed by atoms with Gasteiger partial charge < -0.3 is 5.11 Å². The van der Waals surface area contributed by atoms with Crippen molar-refractivity contribution in [3.8, 4) is 0 Å². The summed E-state index contributed by atoms with van der Waals surface area (Å²) in [5.41, 5.74) is 0.920. The number of aliphatic hydroxyl groups excluding tert-OH is 1. The number of hydrogen-bond donors (Lipinski definition) is 1. The van der Waals surface area contributed by atoms with Crippen LogP contribution in [0.5, 0.6) is 0 Å². The number of hydrogen-bond acceptors (Lipinski definition) is 5. The zero-order chi connectivity index (χ0) is 18.9. The van der Waals surface area contributed by atoms with Crippen molar-refractivity contribution < 1.29 is 18.3 Å². The summed E-state index contributed by atoms with van der Waals surface area (Å²) in [6.45, 7) is 3.39. The Bertz CT molecular complexity index is 937. The molecule has 136 valence electrons.